The van der Waals surface area contributed by atoms with Gasteiger partial charge in [-0.15, -0.1) is 0 Å². The SMILES string of the molecule is Cc1[nH]nc(CNC2CC2)c1S(=O)(=O)N1CCC(C)CC1. The molecule has 0 bridgehead atoms. The van der Waals surface area contributed by atoms with Crippen LogP contribution < -0.4 is 5.32 Å². The largest absolute Gasteiger partial charge is 0.308 e. The van der Waals surface area contributed by atoms with E-state index in [4.69, 9.17) is 0 Å². The minimum atomic E-state index is -3.43. The standard InChI is InChI=1S/C14H24N4O2S/c1-10-5-7-18(8-6-10)21(19,20)14-11(2)16-17-13(14)9-15-12-3-4-12/h10,12,15H,3-9H2,1-2H3,(H,16,17). The Kier molecular flexibility index (Phi) is 4.07. The summed E-state index contributed by atoms with van der Waals surface area (Å²) >= 11 is 0. The zero-order valence-electron chi connectivity index (χ0n) is 12.7. The average Bonchev–Trinajstić information content (AvgIpc) is 3.19. The maximum atomic E-state index is 12.9. The minimum Gasteiger partial charge on any atom is -0.308 e. The summed E-state index contributed by atoms with van der Waals surface area (Å²) in [7, 11) is -3.43. The second kappa shape index (κ2) is 5.70. The van der Waals surface area contributed by atoms with Crippen LogP contribution in [-0.2, 0) is 16.6 Å². The van der Waals surface area contributed by atoms with E-state index >= 15 is 0 Å². The summed E-state index contributed by atoms with van der Waals surface area (Å²) in [6.45, 7) is 5.71. The number of hydrogen-bond acceptors (Lipinski definition) is 4. The number of H-pyrrole nitrogens is 1. The molecule has 0 amide bonds. The Morgan fingerprint density at radius 3 is 2.57 bits per heavy atom. The van der Waals surface area contributed by atoms with Crippen LogP contribution in [0, 0.1) is 12.8 Å². The van der Waals surface area contributed by atoms with Gasteiger partial charge in [-0.25, -0.2) is 8.42 Å². The molecule has 2 fully saturated rings. The van der Waals surface area contributed by atoms with E-state index in [1.54, 1.807) is 11.2 Å². The maximum absolute atomic E-state index is 12.9. The lowest BCUT2D eigenvalue weighted by Gasteiger charge is -2.29. The lowest BCUT2D eigenvalue weighted by molar-refractivity contribution is 0.287. The molecule has 0 radical (unpaired) electrons. The third-order valence-corrected chi connectivity index (χ3v) is 6.54. The number of rotatable bonds is 5. The predicted octanol–water partition coefficient (Wildman–Crippen LogP) is 1.39. The molecule has 1 saturated heterocycles. The molecule has 1 saturated carbocycles. The lowest BCUT2D eigenvalue weighted by atomic mass is 10.0. The summed E-state index contributed by atoms with van der Waals surface area (Å²) in [4.78, 5) is 0.380. The van der Waals surface area contributed by atoms with Crippen LogP contribution in [0.15, 0.2) is 4.90 Å². The van der Waals surface area contributed by atoms with Crippen LogP contribution in [0.2, 0.25) is 0 Å². The van der Waals surface area contributed by atoms with Gasteiger partial charge in [-0.1, -0.05) is 6.92 Å². The van der Waals surface area contributed by atoms with Crippen LogP contribution in [0.3, 0.4) is 0 Å². The molecule has 1 aromatic heterocycles. The van der Waals surface area contributed by atoms with Crippen molar-refractivity contribution < 1.29 is 8.42 Å². The molecule has 1 aliphatic carbocycles. The van der Waals surface area contributed by atoms with Gasteiger partial charge in [-0.3, -0.25) is 5.10 Å². The van der Waals surface area contributed by atoms with Gasteiger partial charge in [-0.2, -0.15) is 9.40 Å². The molecule has 0 atom stereocenters. The first-order chi connectivity index (χ1) is 9.98. The van der Waals surface area contributed by atoms with Crippen molar-refractivity contribution in [1.82, 2.24) is 19.8 Å². The second-order valence-corrected chi connectivity index (χ2v) is 8.24. The van der Waals surface area contributed by atoms with Crippen LogP contribution in [0.25, 0.3) is 0 Å². The van der Waals surface area contributed by atoms with Gasteiger partial charge >= 0.3 is 0 Å². The maximum Gasteiger partial charge on any atom is 0.246 e. The van der Waals surface area contributed by atoms with Gasteiger partial charge in [0.15, 0.2) is 0 Å². The van der Waals surface area contributed by atoms with Crippen molar-refractivity contribution in [3.63, 3.8) is 0 Å². The number of nitrogens with zero attached hydrogens (tertiary/aromatic N) is 2. The molecule has 0 aromatic carbocycles. The van der Waals surface area contributed by atoms with Gasteiger partial charge < -0.3 is 5.32 Å². The van der Waals surface area contributed by atoms with Gasteiger partial charge in [0, 0.05) is 25.7 Å². The topological polar surface area (TPSA) is 78.1 Å². The van der Waals surface area contributed by atoms with Crippen LogP contribution in [0.5, 0.6) is 0 Å². The van der Waals surface area contributed by atoms with E-state index in [2.05, 4.69) is 22.4 Å². The van der Waals surface area contributed by atoms with Gasteiger partial charge in [0.25, 0.3) is 0 Å². The number of aromatic amines is 1. The molecule has 1 aromatic rings. The Morgan fingerprint density at radius 1 is 1.29 bits per heavy atom. The molecule has 21 heavy (non-hydrogen) atoms. The first-order valence-corrected chi connectivity index (χ1v) is 9.20. The van der Waals surface area contributed by atoms with Crippen LogP contribution >= 0.6 is 0 Å². The number of aromatic nitrogens is 2. The van der Waals surface area contributed by atoms with E-state index in [0.29, 0.717) is 47.9 Å². The summed E-state index contributed by atoms with van der Waals surface area (Å²) < 4.78 is 27.4. The van der Waals surface area contributed by atoms with E-state index < -0.39 is 10.0 Å². The van der Waals surface area contributed by atoms with E-state index in [1.165, 1.54) is 12.8 Å². The van der Waals surface area contributed by atoms with Crippen molar-refractivity contribution in [2.45, 2.75) is 57.0 Å². The molecular formula is C14H24N4O2S. The number of sulfonamides is 1. The van der Waals surface area contributed by atoms with Gasteiger partial charge in [0.1, 0.15) is 4.90 Å². The Bertz CT molecular complexity index is 598. The summed E-state index contributed by atoms with van der Waals surface area (Å²) in [6, 6.07) is 0.536. The van der Waals surface area contributed by atoms with Gasteiger partial charge in [0.2, 0.25) is 10.0 Å². The first kappa shape index (κ1) is 15.0. The Hall–Kier alpha value is -0.920. The lowest BCUT2D eigenvalue weighted by Crippen LogP contribution is -2.38. The molecule has 1 aliphatic heterocycles. The third-order valence-electron chi connectivity index (χ3n) is 4.44. The predicted molar refractivity (Wildman–Crippen MR) is 80.3 cm³/mol. The number of hydrogen-bond donors (Lipinski definition) is 2. The molecule has 3 rings (SSSR count). The first-order valence-electron chi connectivity index (χ1n) is 7.76. The van der Waals surface area contributed by atoms with Gasteiger partial charge in [0.05, 0.1) is 11.4 Å². The molecule has 0 unspecified atom stereocenters. The third kappa shape index (κ3) is 3.14. The fourth-order valence-corrected chi connectivity index (χ4v) is 4.61. The summed E-state index contributed by atoms with van der Waals surface area (Å²) in [6.07, 6.45) is 4.22. The van der Waals surface area contributed by atoms with Crippen molar-refractivity contribution in [3.8, 4) is 0 Å². The molecule has 2 N–H and O–H groups in total. The van der Waals surface area contributed by atoms with Crippen LogP contribution in [0.4, 0.5) is 0 Å². The Morgan fingerprint density at radius 2 is 1.95 bits per heavy atom. The van der Waals surface area contributed by atoms with E-state index in [-0.39, 0.29) is 0 Å². The number of nitrogens with one attached hydrogen (secondary N) is 2. The highest BCUT2D eigenvalue weighted by molar-refractivity contribution is 7.89. The van der Waals surface area contributed by atoms with E-state index in [9.17, 15) is 8.42 Å². The quantitative estimate of drug-likeness (QED) is 0.861. The Labute approximate surface area is 126 Å². The second-order valence-electron chi connectivity index (χ2n) is 6.37. The summed E-state index contributed by atoms with van der Waals surface area (Å²) in [5, 5.41) is 10.4. The van der Waals surface area contributed by atoms with Crippen molar-refractivity contribution >= 4 is 10.0 Å². The summed E-state index contributed by atoms with van der Waals surface area (Å²) in [5.41, 5.74) is 1.26. The monoisotopic (exact) mass is 312 g/mol. The van der Waals surface area contributed by atoms with Crippen molar-refractivity contribution in [2.24, 2.45) is 5.92 Å². The van der Waals surface area contributed by atoms with E-state index in [0.717, 1.165) is 12.8 Å². The molecule has 2 heterocycles. The molecule has 7 heteroatoms. The number of piperidine rings is 1. The summed E-state index contributed by atoms with van der Waals surface area (Å²) in [5.74, 6) is 0.609. The molecule has 118 valence electrons. The van der Waals surface area contributed by atoms with Crippen LogP contribution in [-0.4, -0.2) is 42.1 Å². The number of aryl methyl sites for hydroxylation is 1. The normalized spacial score (nSPS) is 21.8. The zero-order chi connectivity index (χ0) is 15.0. The highest BCUT2D eigenvalue weighted by atomic mass is 32.2. The van der Waals surface area contributed by atoms with Gasteiger partial charge in [-0.05, 0) is 38.5 Å². The zero-order valence-corrected chi connectivity index (χ0v) is 13.5. The molecule has 2 aliphatic rings. The van der Waals surface area contributed by atoms with E-state index in [1.807, 2.05) is 0 Å². The highest BCUT2D eigenvalue weighted by Gasteiger charge is 2.33. The van der Waals surface area contributed by atoms with Crippen molar-refractivity contribution in [3.05, 3.63) is 11.4 Å². The smallest absolute Gasteiger partial charge is 0.246 e. The average molecular weight is 312 g/mol. The fraction of sp³-hybridized carbons (Fsp3) is 0.786. The van der Waals surface area contributed by atoms with Crippen molar-refractivity contribution in [2.75, 3.05) is 13.1 Å². The minimum absolute atomic E-state index is 0.380. The van der Waals surface area contributed by atoms with Crippen molar-refractivity contribution in [1.29, 1.82) is 0 Å². The van der Waals surface area contributed by atoms with Crippen LogP contribution in [0.1, 0.15) is 44.0 Å². The molecule has 6 nitrogen and oxygen atoms in total. The Balaban J connectivity index is 1.81. The molecule has 0 spiro atoms. The highest BCUT2D eigenvalue weighted by Crippen LogP contribution is 2.27. The fourth-order valence-electron chi connectivity index (χ4n) is 2.81. The molecular weight excluding hydrogens is 288 g/mol.